The molecule has 0 radical (unpaired) electrons. The predicted molar refractivity (Wildman–Crippen MR) is 120 cm³/mol. The number of anilines is 2. The molecule has 1 amide bonds. The number of carbonyl (C=O) groups excluding carboxylic acids is 1. The Kier molecular flexibility index (Phi) is 7.13. The Balaban J connectivity index is 1.68. The number of rotatable bonds is 6. The number of hydrogen-bond acceptors (Lipinski definition) is 5. The summed E-state index contributed by atoms with van der Waals surface area (Å²) in [6.07, 6.45) is 0.421. The molecule has 0 aromatic heterocycles. The molecule has 2 aromatic rings. The molecule has 1 heterocycles. The number of nitrogens with one attached hydrogen (secondary N) is 1. The number of hydrogen-bond donors (Lipinski definition) is 1. The zero-order valence-electron chi connectivity index (χ0n) is 16.6. The van der Waals surface area contributed by atoms with Crippen LogP contribution in [0.1, 0.15) is 6.92 Å². The van der Waals surface area contributed by atoms with Crippen molar-refractivity contribution in [3.63, 3.8) is 0 Å². The number of nitrogens with zero attached hydrogens (tertiary/aromatic N) is 2. The van der Waals surface area contributed by atoms with Gasteiger partial charge in [0.1, 0.15) is 5.75 Å². The molecule has 1 aliphatic rings. The molecule has 1 atom stereocenters. The van der Waals surface area contributed by atoms with E-state index in [1.165, 1.54) is 10.6 Å². The third-order valence-corrected chi connectivity index (χ3v) is 6.61. The van der Waals surface area contributed by atoms with Gasteiger partial charge in [0.2, 0.25) is 10.0 Å². The van der Waals surface area contributed by atoms with Gasteiger partial charge in [-0.25, -0.2) is 8.42 Å². The van der Waals surface area contributed by atoms with Crippen molar-refractivity contribution in [2.75, 3.05) is 42.7 Å². The molecule has 3 rings (SSSR count). The minimum absolute atomic E-state index is 0.325. The van der Waals surface area contributed by atoms with Gasteiger partial charge in [0, 0.05) is 31.2 Å². The summed E-state index contributed by atoms with van der Waals surface area (Å²) in [6, 6.07) is 12.2. The van der Waals surface area contributed by atoms with E-state index in [-0.39, 0.29) is 5.91 Å². The second-order valence-electron chi connectivity index (χ2n) is 6.99. The topological polar surface area (TPSA) is 79.0 Å². The van der Waals surface area contributed by atoms with Crippen molar-refractivity contribution in [3.05, 3.63) is 52.5 Å². The fourth-order valence-corrected chi connectivity index (χ4v) is 4.44. The van der Waals surface area contributed by atoms with E-state index in [9.17, 15) is 13.2 Å². The van der Waals surface area contributed by atoms with Gasteiger partial charge in [-0.3, -0.25) is 4.79 Å². The summed E-state index contributed by atoms with van der Waals surface area (Å²) < 4.78 is 30.6. The molecule has 1 aliphatic heterocycles. The van der Waals surface area contributed by atoms with Crippen molar-refractivity contribution < 1.29 is 17.9 Å². The molecule has 1 N–H and O–H groups in total. The molecule has 10 heteroatoms. The molecule has 162 valence electrons. The van der Waals surface area contributed by atoms with E-state index in [1.807, 2.05) is 18.2 Å². The van der Waals surface area contributed by atoms with Crippen molar-refractivity contribution in [3.8, 4) is 5.75 Å². The predicted octanol–water partition coefficient (Wildman–Crippen LogP) is 3.48. The Bertz CT molecular complexity index is 1020. The maximum absolute atomic E-state index is 12.7. The lowest BCUT2D eigenvalue weighted by atomic mass is 10.2. The monoisotopic (exact) mass is 471 g/mol. The van der Waals surface area contributed by atoms with Crippen LogP contribution in [0.25, 0.3) is 0 Å². The molecule has 0 saturated carbocycles. The highest BCUT2D eigenvalue weighted by Crippen LogP contribution is 2.30. The third kappa shape index (κ3) is 5.57. The Morgan fingerprint density at radius 1 is 1.10 bits per heavy atom. The summed E-state index contributed by atoms with van der Waals surface area (Å²) in [5, 5.41) is 3.70. The van der Waals surface area contributed by atoms with Crippen LogP contribution >= 0.6 is 23.2 Å². The van der Waals surface area contributed by atoms with Gasteiger partial charge in [-0.05, 0) is 37.3 Å². The van der Waals surface area contributed by atoms with Crippen molar-refractivity contribution >= 4 is 50.5 Å². The highest BCUT2D eigenvalue weighted by Gasteiger charge is 2.25. The van der Waals surface area contributed by atoms with Crippen LogP contribution in [0.3, 0.4) is 0 Å². The van der Waals surface area contributed by atoms with Crippen LogP contribution in [-0.2, 0) is 14.8 Å². The average Bonchev–Trinajstić information content (AvgIpc) is 2.70. The first-order valence-corrected chi connectivity index (χ1v) is 12.0. The molecule has 0 aliphatic carbocycles. The Morgan fingerprint density at radius 2 is 1.77 bits per heavy atom. The zero-order chi connectivity index (χ0) is 21.9. The summed E-state index contributed by atoms with van der Waals surface area (Å²) in [7, 11) is -3.21. The second kappa shape index (κ2) is 9.43. The molecule has 7 nitrogen and oxygen atoms in total. The lowest BCUT2D eigenvalue weighted by Crippen LogP contribution is -2.48. The van der Waals surface area contributed by atoms with Gasteiger partial charge < -0.3 is 15.0 Å². The number of halogens is 2. The Morgan fingerprint density at radius 3 is 2.40 bits per heavy atom. The number of piperazine rings is 1. The molecule has 1 saturated heterocycles. The first kappa shape index (κ1) is 22.7. The smallest absolute Gasteiger partial charge is 0.265 e. The molecular formula is C20H23Cl2N3O4S. The zero-order valence-corrected chi connectivity index (χ0v) is 19.0. The van der Waals surface area contributed by atoms with E-state index < -0.39 is 16.1 Å². The quantitative estimate of drug-likeness (QED) is 0.697. The lowest BCUT2D eigenvalue weighted by molar-refractivity contribution is -0.122. The van der Waals surface area contributed by atoms with Crippen LogP contribution in [0.4, 0.5) is 11.4 Å². The van der Waals surface area contributed by atoms with Crippen LogP contribution in [0.5, 0.6) is 5.75 Å². The number of amides is 1. The van der Waals surface area contributed by atoms with Gasteiger partial charge in [-0.15, -0.1) is 0 Å². The van der Waals surface area contributed by atoms with E-state index >= 15 is 0 Å². The lowest BCUT2D eigenvalue weighted by Gasteiger charge is -2.35. The summed E-state index contributed by atoms with van der Waals surface area (Å²) in [5.41, 5.74) is 1.46. The van der Waals surface area contributed by atoms with Crippen LogP contribution in [0.15, 0.2) is 42.5 Å². The minimum atomic E-state index is -3.21. The van der Waals surface area contributed by atoms with Crippen LogP contribution in [0, 0.1) is 0 Å². The van der Waals surface area contributed by atoms with Gasteiger partial charge in [-0.2, -0.15) is 4.31 Å². The normalized spacial score (nSPS) is 16.2. The van der Waals surface area contributed by atoms with E-state index in [1.54, 1.807) is 31.2 Å². The molecule has 2 aromatic carbocycles. The standard InChI is InChI=1S/C20H23Cl2N3O4S/c1-14(29-19-8-7-15(21)13-16(19)22)20(26)23-17-5-3-4-6-18(17)24-9-11-25(12-10-24)30(2,27)28/h3-8,13-14H,9-12H2,1-2H3,(H,23,26)/t14-/m0/s1. The minimum Gasteiger partial charge on any atom is -0.479 e. The molecule has 0 unspecified atom stereocenters. The summed E-state index contributed by atoms with van der Waals surface area (Å²) in [5.74, 6) is 0.0390. The summed E-state index contributed by atoms with van der Waals surface area (Å²) >= 11 is 12.0. The van der Waals surface area contributed by atoms with E-state index in [4.69, 9.17) is 27.9 Å². The van der Waals surface area contributed by atoms with Gasteiger partial charge in [0.15, 0.2) is 6.10 Å². The maximum atomic E-state index is 12.7. The fourth-order valence-electron chi connectivity index (χ4n) is 3.16. The van der Waals surface area contributed by atoms with E-state index in [2.05, 4.69) is 10.2 Å². The Labute approximate surface area is 186 Å². The number of carbonyl (C=O) groups is 1. The summed E-state index contributed by atoms with van der Waals surface area (Å²) in [4.78, 5) is 14.8. The average molecular weight is 472 g/mol. The highest BCUT2D eigenvalue weighted by atomic mass is 35.5. The molecule has 1 fully saturated rings. The van der Waals surface area contributed by atoms with Gasteiger partial charge in [0.25, 0.3) is 5.91 Å². The molecule has 30 heavy (non-hydrogen) atoms. The first-order valence-electron chi connectivity index (χ1n) is 9.37. The van der Waals surface area contributed by atoms with Crippen molar-refractivity contribution in [1.29, 1.82) is 0 Å². The van der Waals surface area contributed by atoms with Gasteiger partial charge >= 0.3 is 0 Å². The number of benzene rings is 2. The van der Waals surface area contributed by atoms with Gasteiger partial charge in [0.05, 0.1) is 22.7 Å². The second-order valence-corrected chi connectivity index (χ2v) is 9.82. The van der Waals surface area contributed by atoms with E-state index in [0.29, 0.717) is 47.7 Å². The number of ether oxygens (including phenoxy) is 1. The van der Waals surface area contributed by atoms with Gasteiger partial charge in [-0.1, -0.05) is 35.3 Å². The maximum Gasteiger partial charge on any atom is 0.265 e. The first-order chi connectivity index (χ1) is 14.1. The van der Waals surface area contributed by atoms with Crippen molar-refractivity contribution in [2.45, 2.75) is 13.0 Å². The van der Waals surface area contributed by atoms with Crippen LogP contribution < -0.4 is 15.0 Å². The van der Waals surface area contributed by atoms with Crippen LogP contribution in [0.2, 0.25) is 10.0 Å². The van der Waals surface area contributed by atoms with Crippen molar-refractivity contribution in [2.24, 2.45) is 0 Å². The molecular weight excluding hydrogens is 449 g/mol. The number of para-hydroxylation sites is 2. The largest absolute Gasteiger partial charge is 0.479 e. The fraction of sp³-hybridized carbons (Fsp3) is 0.350. The Hall–Kier alpha value is -2.00. The molecule has 0 spiro atoms. The van der Waals surface area contributed by atoms with Crippen LogP contribution in [-0.4, -0.2) is 57.2 Å². The SMILES string of the molecule is C[C@H](Oc1ccc(Cl)cc1Cl)C(=O)Nc1ccccc1N1CCN(S(C)(=O)=O)CC1. The van der Waals surface area contributed by atoms with Crippen molar-refractivity contribution in [1.82, 2.24) is 4.31 Å². The molecule has 0 bridgehead atoms. The van der Waals surface area contributed by atoms with E-state index in [0.717, 1.165) is 5.69 Å². The third-order valence-electron chi connectivity index (χ3n) is 4.78. The highest BCUT2D eigenvalue weighted by molar-refractivity contribution is 7.88. The summed E-state index contributed by atoms with van der Waals surface area (Å²) in [6.45, 7) is 3.50. The number of sulfonamides is 1.